The number of hydrogen-bond donors (Lipinski definition) is 1. The number of piperidine rings is 1. The zero-order valence-corrected chi connectivity index (χ0v) is 13.6. The van der Waals surface area contributed by atoms with Crippen LogP contribution in [0.3, 0.4) is 0 Å². The van der Waals surface area contributed by atoms with Crippen LogP contribution in [-0.2, 0) is 10.2 Å². The number of halogens is 1. The maximum Gasteiger partial charge on any atom is 0.301 e. The van der Waals surface area contributed by atoms with Gasteiger partial charge >= 0.3 is 10.2 Å². The van der Waals surface area contributed by atoms with E-state index in [-0.39, 0.29) is 0 Å². The van der Waals surface area contributed by atoms with E-state index < -0.39 is 10.2 Å². The molecular weight excluding hydrogens is 328 g/mol. The Hall–Kier alpha value is -0.590. The minimum atomic E-state index is -3.45. The van der Waals surface area contributed by atoms with Gasteiger partial charge in [-0.25, -0.2) is 0 Å². The van der Waals surface area contributed by atoms with Crippen molar-refractivity contribution in [3.63, 3.8) is 0 Å². The van der Waals surface area contributed by atoms with Gasteiger partial charge in [-0.2, -0.15) is 12.7 Å². The lowest BCUT2D eigenvalue weighted by Gasteiger charge is -2.29. The molecule has 1 aromatic carbocycles. The molecule has 6 heteroatoms. The molecular formula is C13H19BrN2O2S. The summed E-state index contributed by atoms with van der Waals surface area (Å²) in [4.78, 5) is 0. The van der Waals surface area contributed by atoms with E-state index in [9.17, 15) is 8.42 Å². The SMILES string of the molecule is Cc1ccc(Br)c(NS(=O)(=O)N2CCC(C)CC2)c1. The molecule has 1 saturated heterocycles. The van der Waals surface area contributed by atoms with Crippen LogP contribution in [-0.4, -0.2) is 25.8 Å². The van der Waals surface area contributed by atoms with Crippen molar-refractivity contribution in [1.82, 2.24) is 4.31 Å². The molecule has 0 spiro atoms. The molecule has 0 amide bonds. The Bertz CT molecular complexity index is 552. The summed E-state index contributed by atoms with van der Waals surface area (Å²) in [5.74, 6) is 0.608. The quantitative estimate of drug-likeness (QED) is 0.913. The molecule has 1 N–H and O–H groups in total. The molecule has 19 heavy (non-hydrogen) atoms. The van der Waals surface area contributed by atoms with E-state index in [0.29, 0.717) is 24.7 Å². The van der Waals surface area contributed by atoms with Gasteiger partial charge in [0.25, 0.3) is 0 Å². The second kappa shape index (κ2) is 5.81. The van der Waals surface area contributed by atoms with E-state index in [0.717, 1.165) is 22.9 Å². The molecule has 1 aliphatic heterocycles. The second-order valence-electron chi connectivity index (χ2n) is 5.17. The van der Waals surface area contributed by atoms with E-state index >= 15 is 0 Å². The summed E-state index contributed by atoms with van der Waals surface area (Å²) in [5.41, 5.74) is 1.62. The molecule has 1 fully saturated rings. The Labute approximate surface area is 123 Å². The van der Waals surface area contributed by atoms with Gasteiger partial charge in [0, 0.05) is 17.6 Å². The molecule has 0 saturated carbocycles. The van der Waals surface area contributed by atoms with Gasteiger partial charge in [-0.1, -0.05) is 13.0 Å². The molecule has 2 rings (SSSR count). The van der Waals surface area contributed by atoms with Crippen molar-refractivity contribution in [3.05, 3.63) is 28.2 Å². The first-order valence-electron chi connectivity index (χ1n) is 6.42. The van der Waals surface area contributed by atoms with Crippen LogP contribution >= 0.6 is 15.9 Å². The third-order valence-corrected chi connectivity index (χ3v) is 5.66. The monoisotopic (exact) mass is 346 g/mol. The molecule has 1 aliphatic rings. The van der Waals surface area contributed by atoms with Crippen LogP contribution in [0.25, 0.3) is 0 Å². The zero-order chi connectivity index (χ0) is 14.0. The number of benzene rings is 1. The summed E-state index contributed by atoms with van der Waals surface area (Å²) in [5, 5.41) is 0. The highest BCUT2D eigenvalue weighted by Gasteiger charge is 2.26. The lowest BCUT2D eigenvalue weighted by molar-refractivity contribution is 0.289. The number of nitrogens with zero attached hydrogens (tertiary/aromatic N) is 1. The fourth-order valence-electron chi connectivity index (χ4n) is 2.15. The van der Waals surface area contributed by atoms with Gasteiger partial charge in [-0.3, -0.25) is 4.72 Å². The number of rotatable bonds is 3. The Balaban J connectivity index is 2.15. The largest absolute Gasteiger partial charge is 0.301 e. The Morgan fingerprint density at radius 1 is 1.32 bits per heavy atom. The lowest BCUT2D eigenvalue weighted by Crippen LogP contribution is -2.41. The first kappa shape index (κ1) is 14.8. The molecule has 0 unspecified atom stereocenters. The Kier molecular flexibility index (Phi) is 4.53. The van der Waals surface area contributed by atoms with Crippen LogP contribution in [0.4, 0.5) is 5.69 Å². The predicted molar refractivity (Wildman–Crippen MR) is 81.4 cm³/mol. The van der Waals surface area contributed by atoms with Crippen LogP contribution in [0.5, 0.6) is 0 Å². The van der Waals surface area contributed by atoms with Gasteiger partial charge in [0.2, 0.25) is 0 Å². The topological polar surface area (TPSA) is 49.4 Å². The molecule has 4 nitrogen and oxygen atoms in total. The summed E-state index contributed by atoms with van der Waals surface area (Å²) in [6.45, 7) is 5.29. The fraction of sp³-hybridized carbons (Fsp3) is 0.538. The molecule has 0 bridgehead atoms. The first-order valence-corrected chi connectivity index (χ1v) is 8.66. The highest BCUT2D eigenvalue weighted by Crippen LogP contribution is 2.26. The molecule has 0 aliphatic carbocycles. The second-order valence-corrected chi connectivity index (χ2v) is 7.70. The van der Waals surface area contributed by atoms with Crippen LogP contribution in [0.1, 0.15) is 25.3 Å². The minimum absolute atomic E-state index is 0.596. The average molecular weight is 347 g/mol. The average Bonchev–Trinajstić information content (AvgIpc) is 2.34. The number of hydrogen-bond acceptors (Lipinski definition) is 2. The third kappa shape index (κ3) is 3.70. The van der Waals surface area contributed by atoms with Gasteiger partial charge in [-0.15, -0.1) is 0 Å². The van der Waals surface area contributed by atoms with E-state index in [4.69, 9.17) is 0 Å². The van der Waals surface area contributed by atoms with E-state index in [2.05, 4.69) is 27.6 Å². The van der Waals surface area contributed by atoms with Crippen molar-refractivity contribution >= 4 is 31.8 Å². The van der Waals surface area contributed by atoms with Crippen molar-refractivity contribution in [2.75, 3.05) is 17.8 Å². The number of anilines is 1. The van der Waals surface area contributed by atoms with Gasteiger partial charge in [0.1, 0.15) is 0 Å². The highest BCUT2D eigenvalue weighted by molar-refractivity contribution is 9.10. The molecule has 0 atom stereocenters. The maximum atomic E-state index is 12.3. The number of aryl methyl sites for hydroxylation is 1. The molecule has 106 valence electrons. The summed E-state index contributed by atoms with van der Waals surface area (Å²) < 4.78 is 29.6. The third-order valence-electron chi connectivity index (χ3n) is 3.44. The molecule has 1 heterocycles. The zero-order valence-electron chi connectivity index (χ0n) is 11.2. The van der Waals surface area contributed by atoms with Crippen LogP contribution < -0.4 is 4.72 Å². The number of nitrogens with one attached hydrogen (secondary N) is 1. The summed E-state index contributed by atoms with van der Waals surface area (Å²) in [6, 6.07) is 5.62. The standard InChI is InChI=1S/C13H19BrN2O2S/c1-10-5-7-16(8-6-10)19(17,18)15-13-9-11(2)3-4-12(13)14/h3-4,9-10,15H,5-8H2,1-2H3. The van der Waals surface area contributed by atoms with E-state index in [1.165, 1.54) is 4.31 Å². The normalized spacial score (nSPS) is 18.5. The van der Waals surface area contributed by atoms with Crippen molar-refractivity contribution in [1.29, 1.82) is 0 Å². The lowest BCUT2D eigenvalue weighted by atomic mass is 10.0. The van der Waals surface area contributed by atoms with Gasteiger partial charge in [0.05, 0.1) is 5.69 Å². The van der Waals surface area contributed by atoms with Crippen molar-refractivity contribution in [3.8, 4) is 0 Å². The van der Waals surface area contributed by atoms with Crippen LogP contribution in [0.2, 0.25) is 0 Å². The maximum absolute atomic E-state index is 12.3. The van der Waals surface area contributed by atoms with Gasteiger partial charge in [0.15, 0.2) is 0 Å². The Morgan fingerprint density at radius 3 is 2.58 bits per heavy atom. The van der Waals surface area contributed by atoms with Crippen LogP contribution in [0, 0.1) is 12.8 Å². The van der Waals surface area contributed by atoms with E-state index in [1.54, 1.807) is 0 Å². The smallest absolute Gasteiger partial charge is 0.270 e. The van der Waals surface area contributed by atoms with Crippen molar-refractivity contribution in [2.45, 2.75) is 26.7 Å². The molecule has 0 aromatic heterocycles. The first-order chi connectivity index (χ1) is 8.88. The fourth-order valence-corrected chi connectivity index (χ4v) is 3.89. The highest BCUT2D eigenvalue weighted by atomic mass is 79.9. The summed E-state index contributed by atoms with van der Waals surface area (Å²) in [6.07, 6.45) is 1.85. The predicted octanol–water partition coefficient (Wildman–Crippen LogP) is 3.15. The van der Waals surface area contributed by atoms with Gasteiger partial charge < -0.3 is 0 Å². The van der Waals surface area contributed by atoms with Crippen molar-refractivity contribution < 1.29 is 8.42 Å². The van der Waals surface area contributed by atoms with Crippen molar-refractivity contribution in [2.24, 2.45) is 5.92 Å². The van der Waals surface area contributed by atoms with Crippen LogP contribution in [0.15, 0.2) is 22.7 Å². The van der Waals surface area contributed by atoms with E-state index in [1.807, 2.05) is 25.1 Å². The molecule has 1 aromatic rings. The summed E-state index contributed by atoms with van der Waals surface area (Å²) in [7, 11) is -3.45. The molecule has 0 radical (unpaired) electrons. The van der Waals surface area contributed by atoms with Gasteiger partial charge in [-0.05, 0) is 59.3 Å². The summed E-state index contributed by atoms with van der Waals surface area (Å²) >= 11 is 3.37. The Morgan fingerprint density at radius 2 is 1.95 bits per heavy atom. The minimum Gasteiger partial charge on any atom is -0.270 e.